The van der Waals surface area contributed by atoms with Gasteiger partial charge in [-0.05, 0) is 6.92 Å². The molecule has 0 radical (unpaired) electrons. The van der Waals surface area contributed by atoms with E-state index in [0.29, 0.717) is 0 Å². The molecule has 1 N–H and O–H groups in total. The van der Waals surface area contributed by atoms with Crippen molar-refractivity contribution in [2.45, 2.75) is 6.92 Å². The standard InChI is InChI=1S/C5H9O5P/c1-4(2)5(6)9-10-11(3,7)8/h1H2,2-3H3,(H,7,8). The summed E-state index contributed by atoms with van der Waals surface area (Å²) < 4.78 is 14.2. The lowest BCUT2D eigenvalue weighted by atomic mass is 10.4. The predicted molar refractivity (Wildman–Crippen MR) is 37.7 cm³/mol. The summed E-state index contributed by atoms with van der Waals surface area (Å²) in [6, 6.07) is 0. The van der Waals surface area contributed by atoms with E-state index in [-0.39, 0.29) is 5.57 Å². The van der Waals surface area contributed by atoms with Crippen molar-refractivity contribution in [2.24, 2.45) is 0 Å². The molecule has 0 aromatic rings. The Kier molecular flexibility index (Phi) is 3.45. The third kappa shape index (κ3) is 5.79. The molecule has 6 heteroatoms. The van der Waals surface area contributed by atoms with Crippen LogP contribution in [0.4, 0.5) is 0 Å². The molecule has 0 amide bonds. The number of hydrogen-bond acceptors (Lipinski definition) is 4. The van der Waals surface area contributed by atoms with Crippen molar-refractivity contribution in [3.8, 4) is 0 Å². The van der Waals surface area contributed by atoms with Crippen LogP contribution >= 0.6 is 7.60 Å². The lowest BCUT2D eigenvalue weighted by molar-refractivity contribution is -0.211. The Morgan fingerprint density at radius 3 is 2.36 bits per heavy atom. The van der Waals surface area contributed by atoms with Crippen LogP contribution in [0.15, 0.2) is 12.2 Å². The van der Waals surface area contributed by atoms with Gasteiger partial charge in [-0.2, -0.15) is 0 Å². The second-order valence-electron chi connectivity index (χ2n) is 2.03. The minimum absolute atomic E-state index is 0.0958. The van der Waals surface area contributed by atoms with Gasteiger partial charge in [-0.15, -0.1) is 0 Å². The Morgan fingerprint density at radius 2 is 2.09 bits per heavy atom. The second kappa shape index (κ2) is 3.67. The average Bonchev–Trinajstić information content (AvgIpc) is 1.80. The van der Waals surface area contributed by atoms with Crippen molar-refractivity contribution in [3.05, 3.63) is 12.2 Å². The summed E-state index contributed by atoms with van der Waals surface area (Å²) in [5.41, 5.74) is 0.0958. The zero-order valence-electron chi connectivity index (χ0n) is 6.23. The maximum absolute atomic E-state index is 10.5. The summed E-state index contributed by atoms with van der Waals surface area (Å²) >= 11 is 0. The minimum atomic E-state index is -3.74. The van der Waals surface area contributed by atoms with Gasteiger partial charge in [0, 0.05) is 12.2 Å². The Hall–Kier alpha value is -0.640. The maximum Gasteiger partial charge on any atom is 0.368 e. The van der Waals surface area contributed by atoms with Crippen molar-refractivity contribution in [2.75, 3.05) is 6.66 Å². The first kappa shape index (κ1) is 10.4. The van der Waals surface area contributed by atoms with Gasteiger partial charge in [0.25, 0.3) is 0 Å². The molecule has 0 aromatic heterocycles. The highest BCUT2D eigenvalue weighted by molar-refractivity contribution is 7.51. The first-order chi connectivity index (χ1) is 4.83. The number of carbonyl (C=O) groups is 1. The molecule has 0 aliphatic carbocycles. The van der Waals surface area contributed by atoms with Gasteiger partial charge in [-0.1, -0.05) is 11.3 Å². The van der Waals surface area contributed by atoms with Gasteiger partial charge in [0.05, 0.1) is 0 Å². The lowest BCUT2D eigenvalue weighted by Crippen LogP contribution is -2.04. The third-order valence-corrected chi connectivity index (χ3v) is 0.951. The van der Waals surface area contributed by atoms with Gasteiger partial charge in [0.15, 0.2) is 0 Å². The van der Waals surface area contributed by atoms with Crippen LogP contribution in [-0.2, 0) is 18.9 Å². The molecule has 0 rings (SSSR count). The van der Waals surface area contributed by atoms with Crippen LogP contribution in [0.2, 0.25) is 0 Å². The molecule has 64 valence electrons. The van der Waals surface area contributed by atoms with E-state index in [1.165, 1.54) is 6.92 Å². The highest BCUT2D eigenvalue weighted by atomic mass is 31.2. The van der Waals surface area contributed by atoms with Crippen LogP contribution in [0, 0.1) is 0 Å². The summed E-state index contributed by atoms with van der Waals surface area (Å²) in [6.45, 7) is 5.52. The molecule has 0 heterocycles. The summed E-state index contributed by atoms with van der Waals surface area (Å²) in [5, 5.41) is 0. The Bertz CT molecular complexity index is 215. The van der Waals surface area contributed by atoms with Gasteiger partial charge in [-0.25, -0.2) is 4.79 Å². The highest BCUT2D eigenvalue weighted by Crippen LogP contribution is 2.36. The van der Waals surface area contributed by atoms with Crippen molar-refractivity contribution >= 4 is 13.6 Å². The minimum Gasteiger partial charge on any atom is -0.322 e. The molecule has 0 saturated carbocycles. The van der Waals surface area contributed by atoms with Crippen molar-refractivity contribution < 1.29 is 23.8 Å². The molecular weight excluding hydrogens is 171 g/mol. The molecule has 0 aromatic carbocycles. The van der Waals surface area contributed by atoms with Crippen LogP contribution in [0.1, 0.15) is 6.92 Å². The van der Waals surface area contributed by atoms with Gasteiger partial charge in [0.2, 0.25) is 0 Å². The molecule has 0 bridgehead atoms. The molecule has 1 unspecified atom stereocenters. The zero-order valence-corrected chi connectivity index (χ0v) is 7.13. The predicted octanol–water partition coefficient (Wildman–Crippen LogP) is 0.852. The van der Waals surface area contributed by atoms with Crippen molar-refractivity contribution in [1.29, 1.82) is 0 Å². The van der Waals surface area contributed by atoms with E-state index in [1.54, 1.807) is 0 Å². The van der Waals surface area contributed by atoms with Crippen LogP contribution in [0.25, 0.3) is 0 Å². The second-order valence-corrected chi connectivity index (χ2v) is 3.78. The Labute approximate surface area is 64.1 Å². The van der Waals surface area contributed by atoms with Crippen LogP contribution < -0.4 is 0 Å². The summed E-state index contributed by atoms with van der Waals surface area (Å²) in [7, 11) is -3.74. The van der Waals surface area contributed by atoms with Crippen molar-refractivity contribution in [3.63, 3.8) is 0 Å². The average molecular weight is 180 g/mol. The van der Waals surface area contributed by atoms with E-state index < -0.39 is 13.6 Å². The molecular formula is C5H9O5P. The Morgan fingerprint density at radius 1 is 1.64 bits per heavy atom. The molecule has 0 aliphatic heterocycles. The smallest absolute Gasteiger partial charge is 0.322 e. The van der Waals surface area contributed by atoms with E-state index in [0.717, 1.165) is 6.66 Å². The van der Waals surface area contributed by atoms with Crippen LogP contribution in [0.3, 0.4) is 0 Å². The van der Waals surface area contributed by atoms with Gasteiger partial charge >= 0.3 is 13.6 Å². The number of carbonyl (C=O) groups excluding carboxylic acids is 1. The van der Waals surface area contributed by atoms with E-state index >= 15 is 0 Å². The first-order valence-electron chi connectivity index (χ1n) is 2.69. The van der Waals surface area contributed by atoms with Gasteiger partial charge in [-0.3, -0.25) is 9.45 Å². The molecule has 0 saturated heterocycles. The molecule has 0 fully saturated rings. The molecule has 11 heavy (non-hydrogen) atoms. The normalized spacial score (nSPS) is 15.2. The Balaban J connectivity index is 3.82. The van der Waals surface area contributed by atoms with E-state index in [1.807, 2.05) is 0 Å². The van der Waals surface area contributed by atoms with E-state index in [2.05, 4.69) is 16.1 Å². The van der Waals surface area contributed by atoms with Gasteiger partial charge in [0.1, 0.15) is 0 Å². The largest absolute Gasteiger partial charge is 0.368 e. The van der Waals surface area contributed by atoms with E-state index in [4.69, 9.17) is 4.89 Å². The quantitative estimate of drug-likeness (QED) is 0.301. The summed E-state index contributed by atoms with van der Waals surface area (Å²) in [6.07, 6.45) is 0. The summed E-state index contributed by atoms with van der Waals surface area (Å²) in [5.74, 6) is -0.860. The fourth-order valence-corrected chi connectivity index (χ4v) is 0.380. The van der Waals surface area contributed by atoms with Crippen LogP contribution in [-0.4, -0.2) is 17.5 Å². The van der Waals surface area contributed by atoms with E-state index in [9.17, 15) is 9.36 Å². The lowest BCUT2D eigenvalue weighted by Gasteiger charge is -2.03. The molecule has 0 aliphatic rings. The van der Waals surface area contributed by atoms with Crippen LogP contribution in [0.5, 0.6) is 0 Å². The van der Waals surface area contributed by atoms with Crippen molar-refractivity contribution in [1.82, 2.24) is 0 Å². The highest BCUT2D eigenvalue weighted by Gasteiger charge is 2.15. The molecule has 0 spiro atoms. The fraction of sp³-hybridized carbons (Fsp3) is 0.400. The zero-order chi connectivity index (χ0) is 9.07. The molecule has 5 nitrogen and oxygen atoms in total. The third-order valence-electron chi connectivity index (χ3n) is 0.600. The maximum atomic E-state index is 10.5. The molecule has 1 atom stereocenters. The topological polar surface area (TPSA) is 72.8 Å². The SMILES string of the molecule is C=C(C)C(=O)OOP(C)(=O)O. The fourth-order valence-electron chi connectivity index (χ4n) is 0.174. The number of rotatable bonds is 3. The summed E-state index contributed by atoms with van der Waals surface area (Å²) in [4.78, 5) is 22.9. The van der Waals surface area contributed by atoms with Gasteiger partial charge < -0.3 is 4.89 Å². The first-order valence-corrected chi connectivity index (χ1v) is 4.72. The monoisotopic (exact) mass is 180 g/mol. The number of hydrogen-bond donors (Lipinski definition) is 1.